The topological polar surface area (TPSA) is 91.2 Å². The van der Waals surface area contributed by atoms with Gasteiger partial charge in [0, 0.05) is 17.4 Å². The van der Waals surface area contributed by atoms with Crippen molar-refractivity contribution in [2.24, 2.45) is 0 Å². The number of carbonyl (C=O) groups excluding carboxylic acids is 1. The molecular weight excluding hydrogens is 442 g/mol. The Bertz CT molecular complexity index is 1370. The predicted molar refractivity (Wildman–Crippen MR) is 136 cm³/mol. The van der Waals surface area contributed by atoms with Gasteiger partial charge in [-0.2, -0.15) is 0 Å². The first kappa shape index (κ1) is 23.9. The molecule has 1 amide bonds. The lowest BCUT2D eigenvalue weighted by atomic mass is 9.86. The largest absolute Gasteiger partial charge is 0.496 e. The van der Waals surface area contributed by atoms with E-state index in [0.717, 1.165) is 22.4 Å². The molecule has 4 rings (SSSR count). The highest BCUT2D eigenvalue weighted by molar-refractivity contribution is 6.06. The molecule has 2 aromatic heterocycles. The van der Waals surface area contributed by atoms with Gasteiger partial charge in [0.25, 0.3) is 5.91 Å². The van der Waals surface area contributed by atoms with Crippen molar-refractivity contribution in [2.45, 2.75) is 33.1 Å². The summed E-state index contributed by atoms with van der Waals surface area (Å²) in [4.78, 5) is 17.4. The van der Waals surface area contributed by atoms with Crippen LogP contribution < -0.4 is 14.8 Å². The lowest BCUT2D eigenvalue weighted by Crippen LogP contribution is -2.17. The Morgan fingerprint density at radius 3 is 2.51 bits per heavy atom. The third kappa shape index (κ3) is 5.16. The van der Waals surface area contributed by atoms with E-state index in [4.69, 9.17) is 9.47 Å². The van der Waals surface area contributed by atoms with Crippen molar-refractivity contribution in [1.82, 2.24) is 20.0 Å². The van der Waals surface area contributed by atoms with Gasteiger partial charge >= 0.3 is 0 Å². The van der Waals surface area contributed by atoms with E-state index in [-0.39, 0.29) is 11.3 Å². The smallest absolute Gasteiger partial charge is 0.259 e. The Balaban J connectivity index is 1.63. The molecule has 2 heterocycles. The van der Waals surface area contributed by atoms with E-state index in [2.05, 4.69) is 41.4 Å². The maximum Gasteiger partial charge on any atom is 0.259 e. The molecule has 1 N–H and O–H groups in total. The summed E-state index contributed by atoms with van der Waals surface area (Å²) in [6.07, 6.45) is 5.16. The average molecular weight is 472 g/mol. The van der Waals surface area contributed by atoms with Crippen LogP contribution in [0.2, 0.25) is 0 Å². The Morgan fingerprint density at radius 1 is 1.00 bits per heavy atom. The molecule has 0 unspecified atom stereocenters. The zero-order valence-corrected chi connectivity index (χ0v) is 20.8. The number of aryl methyl sites for hydroxylation is 1. The lowest BCUT2D eigenvalue weighted by molar-refractivity contribution is 0.102. The molecule has 0 spiro atoms. The Labute approximate surface area is 204 Å². The molecule has 0 bridgehead atoms. The number of methoxy groups -OCH3 is 2. The van der Waals surface area contributed by atoms with Gasteiger partial charge in [0.2, 0.25) is 0 Å². The van der Waals surface area contributed by atoms with E-state index in [1.165, 1.54) is 0 Å². The number of hydrogen-bond donors (Lipinski definition) is 1. The van der Waals surface area contributed by atoms with E-state index in [1.54, 1.807) is 31.3 Å². The van der Waals surface area contributed by atoms with Gasteiger partial charge < -0.3 is 14.8 Å². The second-order valence-corrected chi connectivity index (χ2v) is 9.28. The molecule has 0 radical (unpaired) electrons. The fourth-order valence-corrected chi connectivity index (χ4v) is 3.67. The molecule has 4 aromatic rings. The summed E-state index contributed by atoms with van der Waals surface area (Å²) in [5.41, 5.74) is 5.31. The lowest BCUT2D eigenvalue weighted by Gasteiger charge is -2.21. The first-order chi connectivity index (χ1) is 16.7. The maximum atomic E-state index is 13.2. The van der Waals surface area contributed by atoms with Crippen LogP contribution in [0.25, 0.3) is 16.9 Å². The zero-order chi connectivity index (χ0) is 25.2. The number of nitrogens with zero attached hydrogens (tertiary/aromatic N) is 4. The third-order valence-electron chi connectivity index (χ3n) is 5.76. The second-order valence-electron chi connectivity index (χ2n) is 9.28. The summed E-state index contributed by atoms with van der Waals surface area (Å²) >= 11 is 0. The molecule has 35 heavy (non-hydrogen) atoms. The van der Waals surface area contributed by atoms with Crippen LogP contribution in [-0.2, 0) is 5.41 Å². The van der Waals surface area contributed by atoms with Crippen LogP contribution in [0.3, 0.4) is 0 Å². The van der Waals surface area contributed by atoms with Gasteiger partial charge in [-0.05, 0) is 53.8 Å². The fourth-order valence-electron chi connectivity index (χ4n) is 3.67. The molecule has 0 saturated carbocycles. The third-order valence-corrected chi connectivity index (χ3v) is 5.76. The predicted octanol–water partition coefficient (Wildman–Crippen LogP) is 5.20. The van der Waals surface area contributed by atoms with Crippen LogP contribution in [0.1, 0.15) is 42.3 Å². The van der Waals surface area contributed by atoms with Crippen molar-refractivity contribution < 1.29 is 14.3 Å². The first-order valence-corrected chi connectivity index (χ1v) is 11.2. The van der Waals surface area contributed by atoms with E-state index in [1.807, 2.05) is 55.6 Å². The summed E-state index contributed by atoms with van der Waals surface area (Å²) in [5.74, 6) is 0.920. The van der Waals surface area contributed by atoms with Gasteiger partial charge in [0.05, 0.1) is 37.9 Å². The number of ether oxygens (including phenoxy) is 2. The number of anilines is 1. The zero-order valence-electron chi connectivity index (χ0n) is 20.8. The van der Waals surface area contributed by atoms with Crippen LogP contribution in [-0.4, -0.2) is 40.1 Å². The molecule has 8 nitrogen and oxygen atoms in total. The fraction of sp³-hybridized carbons (Fsp3) is 0.259. The highest BCUT2D eigenvalue weighted by Crippen LogP contribution is 2.29. The van der Waals surface area contributed by atoms with Crippen molar-refractivity contribution in [3.63, 3.8) is 0 Å². The van der Waals surface area contributed by atoms with Gasteiger partial charge in [-0.3, -0.25) is 9.78 Å². The Hall–Kier alpha value is -4.20. The number of hydrogen-bond acceptors (Lipinski definition) is 6. The molecule has 8 heteroatoms. The van der Waals surface area contributed by atoms with E-state index in [0.29, 0.717) is 28.4 Å². The van der Waals surface area contributed by atoms with E-state index < -0.39 is 0 Å². The minimum Gasteiger partial charge on any atom is -0.496 e. The second kappa shape index (κ2) is 9.58. The minimum absolute atomic E-state index is 0.0958. The molecule has 0 fully saturated rings. The van der Waals surface area contributed by atoms with Crippen LogP contribution >= 0.6 is 0 Å². The monoisotopic (exact) mass is 471 g/mol. The number of amides is 1. The molecular formula is C27H29N5O3. The standard InChI is InChI=1S/C27H29N5O3/c1-17-7-9-20(29-26(33)22-12-19(27(2,3)4)8-10-25(22)35-6)13-24(17)32-16-23(30-31-32)18-11-21(34-5)15-28-14-18/h7-16H,1-6H3,(H,29,33). The number of rotatable bonds is 6. The normalized spacial score (nSPS) is 11.3. The van der Waals surface area contributed by atoms with Gasteiger partial charge in [0.15, 0.2) is 0 Å². The molecule has 0 atom stereocenters. The molecule has 0 aliphatic rings. The Kier molecular flexibility index (Phi) is 6.55. The van der Waals surface area contributed by atoms with Gasteiger partial charge in [-0.15, -0.1) is 5.10 Å². The molecule has 0 aliphatic carbocycles. The molecule has 180 valence electrons. The van der Waals surface area contributed by atoms with Crippen LogP contribution in [0.4, 0.5) is 5.69 Å². The van der Waals surface area contributed by atoms with Crippen LogP contribution in [0.5, 0.6) is 11.5 Å². The molecule has 0 saturated heterocycles. The van der Waals surface area contributed by atoms with Crippen molar-refractivity contribution >= 4 is 11.6 Å². The summed E-state index contributed by atoms with van der Waals surface area (Å²) in [6.45, 7) is 8.30. The summed E-state index contributed by atoms with van der Waals surface area (Å²) in [5, 5.41) is 11.6. The van der Waals surface area contributed by atoms with Crippen molar-refractivity contribution in [3.05, 3.63) is 77.7 Å². The van der Waals surface area contributed by atoms with Gasteiger partial charge in [-0.25, -0.2) is 4.68 Å². The number of pyridine rings is 1. The highest BCUT2D eigenvalue weighted by atomic mass is 16.5. The van der Waals surface area contributed by atoms with Crippen molar-refractivity contribution in [1.29, 1.82) is 0 Å². The minimum atomic E-state index is -0.246. The molecule has 0 aliphatic heterocycles. The van der Waals surface area contributed by atoms with Crippen LogP contribution in [0.15, 0.2) is 61.1 Å². The number of nitrogens with one attached hydrogen (secondary N) is 1. The summed E-state index contributed by atoms with van der Waals surface area (Å²) in [6, 6.07) is 13.2. The van der Waals surface area contributed by atoms with Crippen LogP contribution in [0, 0.1) is 6.92 Å². The number of benzene rings is 2. The summed E-state index contributed by atoms with van der Waals surface area (Å²) in [7, 11) is 3.16. The average Bonchev–Trinajstić information content (AvgIpc) is 3.34. The highest BCUT2D eigenvalue weighted by Gasteiger charge is 2.20. The number of aromatic nitrogens is 4. The van der Waals surface area contributed by atoms with Crippen molar-refractivity contribution in [3.8, 4) is 28.4 Å². The van der Waals surface area contributed by atoms with E-state index >= 15 is 0 Å². The Morgan fingerprint density at radius 2 is 1.80 bits per heavy atom. The van der Waals surface area contributed by atoms with E-state index in [9.17, 15) is 4.79 Å². The number of carbonyl (C=O) groups is 1. The SMILES string of the molecule is COc1cncc(-c2cn(-c3cc(NC(=O)c4cc(C(C)(C)C)ccc4OC)ccc3C)nn2)c1. The van der Waals surface area contributed by atoms with Gasteiger partial charge in [0.1, 0.15) is 17.2 Å². The first-order valence-electron chi connectivity index (χ1n) is 11.2. The maximum absolute atomic E-state index is 13.2. The summed E-state index contributed by atoms with van der Waals surface area (Å²) < 4.78 is 12.4. The quantitative estimate of drug-likeness (QED) is 0.415. The molecule has 2 aromatic carbocycles. The van der Waals surface area contributed by atoms with Gasteiger partial charge in [-0.1, -0.05) is 38.1 Å². The van der Waals surface area contributed by atoms with Crippen molar-refractivity contribution in [2.75, 3.05) is 19.5 Å².